The minimum atomic E-state index is -0.275. The van der Waals surface area contributed by atoms with Crippen LogP contribution in [0.4, 0.5) is 0 Å². The highest BCUT2D eigenvalue weighted by molar-refractivity contribution is 5.92. The number of carbonyl (C=O) groups excluding carboxylic acids is 1. The molecule has 4 aromatic heterocycles. The number of hydrogen-bond donors (Lipinski definition) is 1. The van der Waals surface area contributed by atoms with E-state index in [2.05, 4.69) is 30.4 Å². The normalized spacial score (nSPS) is 11.2. The molecule has 27 heavy (non-hydrogen) atoms. The van der Waals surface area contributed by atoms with Crippen molar-refractivity contribution in [2.45, 2.75) is 26.3 Å². The number of carbonyl (C=O) groups is 1. The molecule has 0 spiro atoms. The first-order chi connectivity index (χ1) is 13.1. The Bertz CT molecular complexity index is 1080. The van der Waals surface area contributed by atoms with Crippen LogP contribution >= 0.6 is 0 Å². The van der Waals surface area contributed by atoms with E-state index in [0.29, 0.717) is 18.0 Å². The van der Waals surface area contributed by atoms with Gasteiger partial charge in [0.2, 0.25) is 0 Å². The van der Waals surface area contributed by atoms with E-state index in [1.54, 1.807) is 33.9 Å². The molecule has 0 fully saturated rings. The van der Waals surface area contributed by atoms with E-state index in [9.17, 15) is 4.79 Å². The molecule has 9 heteroatoms. The molecule has 1 N–H and O–H groups in total. The van der Waals surface area contributed by atoms with Crippen LogP contribution < -0.4 is 5.32 Å². The lowest BCUT2D eigenvalue weighted by atomic mass is 10.1. The summed E-state index contributed by atoms with van der Waals surface area (Å²) >= 11 is 0. The van der Waals surface area contributed by atoms with Gasteiger partial charge < -0.3 is 5.32 Å². The molecular weight excluding hydrogens is 344 g/mol. The Morgan fingerprint density at radius 3 is 2.93 bits per heavy atom. The maximum Gasteiger partial charge on any atom is 0.270 e. The van der Waals surface area contributed by atoms with Gasteiger partial charge in [-0.2, -0.15) is 10.1 Å². The van der Waals surface area contributed by atoms with Crippen LogP contribution in [0.2, 0.25) is 0 Å². The van der Waals surface area contributed by atoms with Gasteiger partial charge in [0.1, 0.15) is 24.2 Å². The number of nitrogens with one attached hydrogen (secondary N) is 1. The van der Waals surface area contributed by atoms with Crippen LogP contribution in [-0.2, 0) is 6.54 Å². The molecule has 0 aliphatic heterocycles. The van der Waals surface area contributed by atoms with Crippen LogP contribution in [-0.4, -0.2) is 40.0 Å². The van der Waals surface area contributed by atoms with Crippen molar-refractivity contribution < 1.29 is 4.79 Å². The van der Waals surface area contributed by atoms with Crippen LogP contribution in [0.1, 0.15) is 41.5 Å². The zero-order valence-electron chi connectivity index (χ0n) is 14.9. The lowest BCUT2D eigenvalue weighted by Gasteiger charge is -2.12. The van der Waals surface area contributed by atoms with Crippen LogP contribution in [0, 0.1) is 0 Å². The molecule has 1 amide bonds. The van der Waals surface area contributed by atoms with Gasteiger partial charge in [-0.15, -0.1) is 0 Å². The second-order valence-corrected chi connectivity index (χ2v) is 6.33. The summed E-state index contributed by atoms with van der Waals surface area (Å²) in [7, 11) is 0. The molecule has 4 aromatic rings. The molecule has 0 radical (unpaired) electrons. The van der Waals surface area contributed by atoms with Crippen molar-refractivity contribution in [2.24, 2.45) is 0 Å². The monoisotopic (exact) mass is 362 g/mol. The third kappa shape index (κ3) is 3.26. The number of nitrogens with zero attached hydrogens (tertiary/aromatic N) is 7. The summed E-state index contributed by atoms with van der Waals surface area (Å²) in [6, 6.07) is 5.50. The number of aromatic nitrogens is 7. The SMILES string of the molecule is CC(C)c1cc(C(=O)NCc2cccnc2-n2ccnc2)nc2ncnn12. The number of fused-ring (bicyclic) bond motifs is 1. The largest absolute Gasteiger partial charge is 0.346 e. The average Bonchev–Trinajstić information content (AvgIpc) is 3.36. The van der Waals surface area contributed by atoms with Crippen molar-refractivity contribution >= 4 is 11.7 Å². The molecule has 4 rings (SSSR count). The Labute approximate surface area is 155 Å². The van der Waals surface area contributed by atoms with E-state index >= 15 is 0 Å². The number of hydrogen-bond acceptors (Lipinski definition) is 6. The number of rotatable bonds is 5. The molecule has 9 nitrogen and oxygen atoms in total. The van der Waals surface area contributed by atoms with E-state index in [0.717, 1.165) is 17.1 Å². The number of amides is 1. The smallest absolute Gasteiger partial charge is 0.270 e. The van der Waals surface area contributed by atoms with E-state index in [1.165, 1.54) is 6.33 Å². The summed E-state index contributed by atoms with van der Waals surface area (Å²) in [5, 5.41) is 7.08. The summed E-state index contributed by atoms with van der Waals surface area (Å²) in [5.74, 6) is 1.03. The quantitative estimate of drug-likeness (QED) is 0.580. The Morgan fingerprint density at radius 2 is 2.15 bits per heavy atom. The third-order valence-corrected chi connectivity index (χ3v) is 4.16. The fraction of sp³-hybridized carbons (Fsp3) is 0.222. The minimum Gasteiger partial charge on any atom is -0.346 e. The van der Waals surface area contributed by atoms with Crippen molar-refractivity contribution in [3.05, 3.63) is 66.4 Å². The summed E-state index contributed by atoms with van der Waals surface area (Å²) in [4.78, 5) is 29.5. The predicted molar refractivity (Wildman–Crippen MR) is 97.4 cm³/mol. The van der Waals surface area contributed by atoms with Gasteiger partial charge in [-0.05, 0) is 18.1 Å². The number of imidazole rings is 1. The van der Waals surface area contributed by atoms with E-state index in [-0.39, 0.29) is 11.8 Å². The Hall–Kier alpha value is -3.62. The first kappa shape index (κ1) is 16.8. The molecule has 136 valence electrons. The van der Waals surface area contributed by atoms with E-state index in [1.807, 2.05) is 32.2 Å². The highest BCUT2D eigenvalue weighted by Crippen LogP contribution is 2.16. The molecule has 0 atom stereocenters. The van der Waals surface area contributed by atoms with Crippen molar-refractivity contribution in [3.8, 4) is 5.82 Å². The van der Waals surface area contributed by atoms with Crippen molar-refractivity contribution in [3.63, 3.8) is 0 Å². The van der Waals surface area contributed by atoms with Gasteiger partial charge in [-0.25, -0.2) is 19.5 Å². The van der Waals surface area contributed by atoms with Crippen molar-refractivity contribution in [2.75, 3.05) is 0 Å². The number of pyridine rings is 1. The lowest BCUT2D eigenvalue weighted by molar-refractivity contribution is 0.0946. The summed E-state index contributed by atoms with van der Waals surface area (Å²) in [6.07, 6.45) is 8.30. The van der Waals surface area contributed by atoms with Crippen LogP contribution in [0.25, 0.3) is 11.6 Å². The predicted octanol–water partition coefficient (Wildman–Crippen LogP) is 1.76. The highest BCUT2D eigenvalue weighted by atomic mass is 16.1. The zero-order chi connectivity index (χ0) is 18.8. The van der Waals surface area contributed by atoms with Gasteiger partial charge in [0.05, 0.1) is 5.69 Å². The molecule has 4 heterocycles. The van der Waals surface area contributed by atoms with Crippen molar-refractivity contribution in [1.82, 2.24) is 39.4 Å². The summed E-state index contributed by atoms with van der Waals surface area (Å²) in [6.45, 7) is 4.38. The van der Waals surface area contributed by atoms with Gasteiger partial charge in [-0.1, -0.05) is 19.9 Å². The first-order valence-electron chi connectivity index (χ1n) is 8.54. The van der Waals surface area contributed by atoms with Crippen molar-refractivity contribution in [1.29, 1.82) is 0 Å². The van der Waals surface area contributed by atoms with Gasteiger partial charge in [0.15, 0.2) is 0 Å². The second-order valence-electron chi connectivity index (χ2n) is 6.33. The maximum atomic E-state index is 12.7. The van der Waals surface area contributed by atoms with Crippen LogP contribution in [0.5, 0.6) is 0 Å². The second kappa shape index (κ2) is 6.94. The highest BCUT2D eigenvalue weighted by Gasteiger charge is 2.16. The molecule has 0 unspecified atom stereocenters. The van der Waals surface area contributed by atoms with Gasteiger partial charge >= 0.3 is 0 Å². The Morgan fingerprint density at radius 1 is 1.26 bits per heavy atom. The molecular formula is C18H18N8O. The van der Waals surface area contributed by atoms with Crippen LogP contribution in [0.3, 0.4) is 0 Å². The minimum absolute atomic E-state index is 0.176. The molecule has 0 saturated carbocycles. The zero-order valence-corrected chi connectivity index (χ0v) is 14.9. The average molecular weight is 362 g/mol. The van der Waals surface area contributed by atoms with E-state index < -0.39 is 0 Å². The molecule has 0 saturated heterocycles. The summed E-state index contributed by atoms with van der Waals surface area (Å²) < 4.78 is 3.46. The third-order valence-electron chi connectivity index (χ3n) is 4.16. The molecule has 0 aliphatic carbocycles. The molecule has 0 aliphatic rings. The van der Waals surface area contributed by atoms with E-state index in [4.69, 9.17) is 0 Å². The standard InChI is InChI=1S/C18H18N8O/c1-12(2)15-8-14(24-18-22-10-23-26(15)18)17(27)21-9-13-4-3-5-20-16(13)25-7-6-19-11-25/h3-8,10-12H,9H2,1-2H3,(H,21,27). The van der Waals surface area contributed by atoms with Gasteiger partial charge in [-0.3, -0.25) is 9.36 Å². The maximum absolute atomic E-state index is 12.7. The van der Waals surface area contributed by atoms with Crippen LogP contribution in [0.15, 0.2) is 49.4 Å². The van der Waals surface area contributed by atoms with Gasteiger partial charge in [0, 0.05) is 30.7 Å². The Balaban J connectivity index is 1.58. The summed E-state index contributed by atoms with van der Waals surface area (Å²) in [5.41, 5.74) is 2.06. The first-order valence-corrected chi connectivity index (χ1v) is 8.54. The molecule has 0 bridgehead atoms. The Kier molecular flexibility index (Phi) is 4.33. The fourth-order valence-corrected chi connectivity index (χ4v) is 2.81. The topological polar surface area (TPSA) is 103 Å². The fourth-order valence-electron chi connectivity index (χ4n) is 2.81. The van der Waals surface area contributed by atoms with Gasteiger partial charge in [0.25, 0.3) is 11.7 Å². The lowest BCUT2D eigenvalue weighted by Crippen LogP contribution is -2.25. The molecule has 0 aromatic carbocycles.